The number of rotatable bonds is 5. The minimum Gasteiger partial charge on any atom is -0.497 e. The number of hydrogen-bond donors (Lipinski definition) is 0. The lowest BCUT2D eigenvalue weighted by molar-refractivity contribution is 0.243. The first-order valence-corrected chi connectivity index (χ1v) is 10.8. The lowest BCUT2D eigenvalue weighted by atomic mass is 10.1. The van der Waals surface area contributed by atoms with Gasteiger partial charge in [0.15, 0.2) is 5.82 Å². The molecule has 6 heteroatoms. The molecule has 4 aromatic rings. The average molecular weight is 414 g/mol. The van der Waals surface area contributed by atoms with Crippen LogP contribution in [0.2, 0.25) is 0 Å². The maximum absolute atomic E-state index is 5.49. The number of ether oxygens (including phenoxy) is 1. The van der Waals surface area contributed by atoms with Crippen molar-refractivity contribution >= 4 is 10.9 Å². The Morgan fingerprint density at radius 1 is 1.16 bits per heavy atom. The summed E-state index contributed by atoms with van der Waals surface area (Å²) in [6, 6.07) is 10.7. The Bertz CT molecular complexity index is 1220. The van der Waals surface area contributed by atoms with Crippen molar-refractivity contribution in [2.45, 2.75) is 39.4 Å². The van der Waals surface area contributed by atoms with Crippen LogP contribution in [0.3, 0.4) is 0 Å². The molecule has 1 aromatic carbocycles. The quantitative estimate of drug-likeness (QED) is 0.477. The van der Waals surface area contributed by atoms with Gasteiger partial charge in [0.1, 0.15) is 5.75 Å². The summed E-state index contributed by atoms with van der Waals surface area (Å²) in [5.41, 5.74) is 5.91. The topological polar surface area (TPSA) is 56.1 Å². The Labute approximate surface area is 182 Å². The summed E-state index contributed by atoms with van der Waals surface area (Å²) in [4.78, 5) is 16.1. The van der Waals surface area contributed by atoms with E-state index in [0.717, 1.165) is 48.9 Å². The molecule has 4 heterocycles. The van der Waals surface area contributed by atoms with Gasteiger partial charge in [0.25, 0.3) is 0 Å². The monoisotopic (exact) mass is 413 g/mol. The van der Waals surface area contributed by atoms with E-state index in [0.29, 0.717) is 6.04 Å². The van der Waals surface area contributed by atoms with Crippen molar-refractivity contribution in [3.05, 3.63) is 71.9 Å². The second-order valence-corrected chi connectivity index (χ2v) is 8.41. The fourth-order valence-electron chi connectivity index (χ4n) is 4.37. The van der Waals surface area contributed by atoms with E-state index in [4.69, 9.17) is 9.72 Å². The first-order valence-electron chi connectivity index (χ1n) is 10.8. The van der Waals surface area contributed by atoms with E-state index in [9.17, 15) is 0 Å². The third kappa shape index (κ3) is 3.79. The first-order chi connectivity index (χ1) is 15.1. The van der Waals surface area contributed by atoms with Crippen LogP contribution in [0.5, 0.6) is 5.75 Å². The van der Waals surface area contributed by atoms with Crippen LogP contribution in [0.25, 0.3) is 22.3 Å². The zero-order chi connectivity index (χ0) is 21.4. The molecule has 0 aliphatic carbocycles. The molecule has 0 radical (unpaired) electrons. The van der Waals surface area contributed by atoms with Gasteiger partial charge in [0.2, 0.25) is 0 Å². The van der Waals surface area contributed by atoms with Gasteiger partial charge in [0.05, 0.1) is 12.8 Å². The summed E-state index contributed by atoms with van der Waals surface area (Å²) in [5.74, 6) is 1.66. The largest absolute Gasteiger partial charge is 0.497 e. The smallest absolute Gasteiger partial charge is 0.160 e. The number of nitrogens with zero attached hydrogens (tertiary/aromatic N) is 5. The van der Waals surface area contributed by atoms with Gasteiger partial charge < -0.3 is 9.30 Å². The van der Waals surface area contributed by atoms with Gasteiger partial charge in [0, 0.05) is 78.9 Å². The van der Waals surface area contributed by atoms with Crippen LogP contribution < -0.4 is 4.74 Å². The fourth-order valence-corrected chi connectivity index (χ4v) is 4.37. The second kappa shape index (κ2) is 8.12. The Hall–Kier alpha value is -3.25. The highest BCUT2D eigenvalue weighted by molar-refractivity contribution is 5.85. The van der Waals surface area contributed by atoms with Crippen molar-refractivity contribution in [1.29, 1.82) is 0 Å². The average Bonchev–Trinajstić information content (AvgIpc) is 3.17. The van der Waals surface area contributed by atoms with E-state index >= 15 is 0 Å². The number of aromatic nitrogens is 4. The third-order valence-corrected chi connectivity index (χ3v) is 6.01. The molecule has 5 rings (SSSR count). The number of methoxy groups -OCH3 is 1. The summed E-state index contributed by atoms with van der Waals surface area (Å²) < 4.78 is 7.84. The van der Waals surface area contributed by atoms with Gasteiger partial charge in [-0.15, -0.1) is 0 Å². The van der Waals surface area contributed by atoms with Crippen LogP contribution in [0, 0.1) is 0 Å². The fraction of sp³-hybridized carbons (Fsp3) is 0.320. The van der Waals surface area contributed by atoms with Gasteiger partial charge in [-0.1, -0.05) is 0 Å². The molecule has 6 nitrogen and oxygen atoms in total. The molecule has 1 aliphatic rings. The molecular formula is C25H27N5O. The van der Waals surface area contributed by atoms with Crippen molar-refractivity contribution in [1.82, 2.24) is 24.4 Å². The molecule has 0 fully saturated rings. The minimum absolute atomic E-state index is 0.408. The molecule has 0 unspecified atom stereocenters. The van der Waals surface area contributed by atoms with Crippen LogP contribution in [0.15, 0.2) is 55.1 Å². The molecular weight excluding hydrogens is 386 g/mol. The van der Waals surface area contributed by atoms with Crippen LogP contribution in [0.1, 0.15) is 36.7 Å². The second-order valence-electron chi connectivity index (χ2n) is 8.41. The van der Waals surface area contributed by atoms with Gasteiger partial charge in [-0.25, -0.2) is 9.97 Å². The van der Waals surface area contributed by atoms with Crippen LogP contribution in [0.4, 0.5) is 0 Å². The molecule has 1 aliphatic heterocycles. The lowest BCUT2D eigenvalue weighted by Crippen LogP contribution is -2.30. The summed E-state index contributed by atoms with van der Waals surface area (Å²) in [7, 11) is 1.72. The van der Waals surface area contributed by atoms with Crippen molar-refractivity contribution in [2.75, 3.05) is 13.7 Å². The van der Waals surface area contributed by atoms with Gasteiger partial charge >= 0.3 is 0 Å². The Morgan fingerprint density at radius 2 is 2.06 bits per heavy atom. The highest BCUT2D eigenvalue weighted by atomic mass is 16.5. The summed E-state index contributed by atoms with van der Waals surface area (Å²) >= 11 is 0. The zero-order valence-corrected chi connectivity index (χ0v) is 18.2. The SMILES string of the molecule is COc1ccc2c(c1)c(CN1CCc3nc(-c4cccnc4)ncc3C1)cn2C(C)C. The van der Waals surface area contributed by atoms with Crippen molar-refractivity contribution in [3.63, 3.8) is 0 Å². The van der Waals surface area contributed by atoms with Crippen LogP contribution in [-0.2, 0) is 19.5 Å². The predicted octanol–water partition coefficient (Wildman–Crippen LogP) is 4.64. The highest BCUT2D eigenvalue weighted by Gasteiger charge is 2.21. The van der Waals surface area contributed by atoms with Crippen molar-refractivity contribution < 1.29 is 4.74 Å². The van der Waals surface area contributed by atoms with E-state index in [-0.39, 0.29) is 0 Å². The molecule has 0 saturated heterocycles. The van der Waals surface area contributed by atoms with E-state index in [1.165, 1.54) is 22.0 Å². The molecule has 0 amide bonds. The molecule has 0 N–H and O–H groups in total. The number of fused-ring (bicyclic) bond motifs is 2. The summed E-state index contributed by atoms with van der Waals surface area (Å²) in [6.45, 7) is 7.19. The van der Waals surface area contributed by atoms with E-state index < -0.39 is 0 Å². The minimum atomic E-state index is 0.408. The Kier molecular flexibility index (Phi) is 5.16. The Balaban J connectivity index is 1.41. The van der Waals surface area contributed by atoms with Crippen LogP contribution in [-0.4, -0.2) is 38.1 Å². The Morgan fingerprint density at radius 3 is 2.84 bits per heavy atom. The number of pyridine rings is 1. The van der Waals surface area contributed by atoms with Crippen molar-refractivity contribution in [2.24, 2.45) is 0 Å². The first kappa shape index (κ1) is 19.7. The summed E-state index contributed by atoms with van der Waals surface area (Å²) in [5, 5.41) is 1.27. The number of hydrogen-bond acceptors (Lipinski definition) is 5. The van der Waals surface area contributed by atoms with Gasteiger partial charge in [-0.3, -0.25) is 9.88 Å². The van der Waals surface area contributed by atoms with Crippen molar-refractivity contribution in [3.8, 4) is 17.1 Å². The number of benzene rings is 1. The molecule has 0 saturated carbocycles. The highest BCUT2D eigenvalue weighted by Crippen LogP contribution is 2.30. The lowest BCUT2D eigenvalue weighted by Gasteiger charge is -2.28. The molecule has 3 aromatic heterocycles. The molecule has 0 atom stereocenters. The standard InChI is InChI=1S/C25H27N5O/c1-17(2)30-16-20(22-11-21(31-3)6-7-24(22)30)15-29-10-8-23-19(14-29)13-27-25(28-23)18-5-4-9-26-12-18/h4-7,9,11-13,16-17H,8,10,14-15H2,1-3H3. The third-order valence-electron chi connectivity index (χ3n) is 6.01. The molecule has 0 bridgehead atoms. The van der Waals surface area contributed by atoms with E-state index in [1.807, 2.05) is 30.6 Å². The van der Waals surface area contributed by atoms with E-state index in [2.05, 4.69) is 51.6 Å². The van der Waals surface area contributed by atoms with Gasteiger partial charge in [-0.2, -0.15) is 0 Å². The normalized spacial score (nSPS) is 14.2. The van der Waals surface area contributed by atoms with Gasteiger partial charge in [-0.05, 0) is 49.7 Å². The molecule has 158 valence electrons. The van der Waals surface area contributed by atoms with E-state index in [1.54, 1.807) is 13.3 Å². The maximum atomic E-state index is 5.49. The van der Waals surface area contributed by atoms with Crippen LogP contribution >= 0.6 is 0 Å². The maximum Gasteiger partial charge on any atom is 0.160 e. The molecule has 31 heavy (non-hydrogen) atoms. The summed E-state index contributed by atoms with van der Waals surface area (Å²) in [6.07, 6.45) is 8.79. The zero-order valence-electron chi connectivity index (χ0n) is 18.2. The predicted molar refractivity (Wildman–Crippen MR) is 122 cm³/mol. The molecule has 0 spiro atoms.